The number of nitrogens with two attached hydrogens (primary N) is 1. The number of amides is 1. The fraction of sp³-hybridized carbons (Fsp3) is 0.556. The molecule has 15 heavy (non-hydrogen) atoms. The summed E-state index contributed by atoms with van der Waals surface area (Å²) in [6.45, 7) is 0.374. The molecule has 6 heteroatoms. The van der Waals surface area contributed by atoms with Crippen molar-refractivity contribution in [2.45, 2.75) is 19.3 Å². The average molecular weight is 207 g/mol. The Hall–Kier alpha value is -1.56. The minimum Gasteiger partial charge on any atom is -0.329 e. The quantitative estimate of drug-likeness (QED) is 0.724. The summed E-state index contributed by atoms with van der Waals surface area (Å²) in [5.74, 6) is 0.145. The van der Waals surface area contributed by atoms with Crippen molar-refractivity contribution in [2.24, 2.45) is 11.1 Å². The minimum absolute atomic E-state index is 0.0933. The Morgan fingerprint density at radius 3 is 2.80 bits per heavy atom. The van der Waals surface area contributed by atoms with Crippen LogP contribution in [-0.2, 0) is 4.79 Å². The van der Waals surface area contributed by atoms with E-state index in [2.05, 4.69) is 20.5 Å². The smallest absolute Gasteiger partial charge is 0.249 e. The van der Waals surface area contributed by atoms with Crippen LogP contribution in [0.3, 0.4) is 0 Å². The number of rotatable bonds is 3. The molecule has 1 fully saturated rings. The highest BCUT2D eigenvalue weighted by Gasteiger charge is 2.43. The number of aromatic nitrogens is 3. The lowest BCUT2D eigenvalue weighted by atomic mass is 9.68. The van der Waals surface area contributed by atoms with Crippen LogP contribution in [0.2, 0.25) is 0 Å². The molecule has 80 valence electrons. The van der Waals surface area contributed by atoms with Crippen LogP contribution in [0.1, 0.15) is 19.3 Å². The Balaban J connectivity index is 2.04. The summed E-state index contributed by atoms with van der Waals surface area (Å²) >= 11 is 0. The molecule has 1 aliphatic carbocycles. The molecule has 0 unspecified atom stereocenters. The van der Waals surface area contributed by atoms with E-state index in [1.165, 1.54) is 12.4 Å². The molecular formula is C9H13N5O. The predicted molar refractivity (Wildman–Crippen MR) is 53.8 cm³/mol. The Morgan fingerprint density at radius 2 is 2.33 bits per heavy atom. The molecule has 1 aromatic rings. The molecule has 0 aliphatic heterocycles. The Morgan fingerprint density at radius 1 is 1.53 bits per heavy atom. The van der Waals surface area contributed by atoms with Gasteiger partial charge in [-0.15, -0.1) is 5.10 Å². The average Bonchev–Trinajstić information content (AvgIpc) is 2.18. The highest BCUT2D eigenvalue weighted by Crippen LogP contribution is 2.40. The second kappa shape index (κ2) is 3.90. The van der Waals surface area contributed by atoms with Gasteiger partial charge < -0.3 is 5.73 Å². The van der Waals surface area contributed by atoms with Gasteiger partial charge in [-0.05, 0) is 12.8 Å². The summed E-state index contributed by atoms with van der Waals surface area (Å²) in [5.41, 5.74) is 5.20. The van der Waals surface area contributed by atoms with Crippen molar-refractivity contribution in [1.29, 1.82) is 0 Å². The molecule has 1 amide bonds. The fourth-order valence-electron chi connectivity index (χ4n) is 1.67. The highest BCUT2D eigenvalue weighted by molar-refractivity contribution is 5.94. The van der Waals surface area contributed by atoms with Crippen molar-refractivity contribution >= 4 is 11.9 Å². The van der Waals surface area contributed by atoms with E-state index in [-0.39, 0.29) is 11.9 Å². The Bertz CT molecular complexity index is 343. The number of nitrogens with zero attached hydrogens (tertiary/aromatic N) is 3. The van der Waals surface area contributed by atoms with Crippen LogP contribution in [0.15, 0.2) is 12.4 Å². The van der Waals surface area contributed by atoms with E-state index in [0.29, 0.717) is 6.54 Å². The zero-order valence-electron chi connectivity index (χ0n) is 8.31. The van der Waals surface area contributed by atoms with Crippen LogP contribution in [0.25, 0.3) is 0 Å². The van der Waals surface area contributed by atoms with Gasteiger partial charge in [-0.25, -0.2) is 4.98 Å². The van der Waals surface area contributed by atoms with Crippen molar-refractivity contribution in [3.8, 4) is 0 Å². The number of carbonyl (C=O) groups excluding carboxylic acids is 1. The molecule has 0 atom stereocenters. The van der Waals surface area contributed by atoms with E-state index >= 15 is 0 Å². The summed E-state index contributed by atoms with van der Waals surface area (Å²) in [4.78, 5) is 15.7. The van der Waals surface area contributed by atoms with Crippen LogP contribution in [0, 0.1) is 5.41 Å². The normalized spacial score (nSPS) is 17.9. The number of carbonyl (C=O) groups is 1. The monoisotopic (exact) mass is 207 g/mol. The van der Waals surface area contributed by atoms with E-state index in [1.807, 2.05) is 0 Å². The lowest BCUT2D eigenvalue weighted by Crippen LogP contribution is -2.47. The number of anilines is 1. The lowest BCUT2D eigenvalue weighted by Gasteiger charge is -2.38. The first-order valence-corrected chi connectivity index (χ1v) is 4.92. The van der Waals surface area contributed by atoms with Gasteiger partial charge in [0.25, 0.3) is 0 Å². The molecule has 0 saturated heterocycles. The summed E-state index contributed by atoms with van der Waals surface area (Å²) in [7, 11) is 0. The van der Waals surface area contributed by atoms with Crippen LogP contribution >= 0.6 is 0 Å². The number of hydrogen-bond acceptors (Lipinski definition) is 5. The van der Waals surface area contributed by atoms with Gasteiger partial charge in [-0.1, -0.05) is 6.42 Å². The van der Waals surface area contributed by atoms with Crippen molar-refractivity contribution in [2.75, 3.05) is 11.9 Å². The van der Waals surface area contributed by atoms with Crippen molar-refractivity contribution < 1.29 is 4.79 Å². The molecule has 1 aromatic heterocycles. The van der Waals surface area contributed by atoms with Gasteiger partial charge in [0.1, 0.15) is 0 Å². The largest absolute Gasteiger partial charge is 0.329 e. The van der Waals surface area contributed by atoms with Gasteiger partial charge in [-0.2, -0.15) is 5.10 Å². The molecule has 1 heterocycles. The van der Waals surface area contributed by atoms with E-state index < -0.39 is 5.41 Å². The van der Waals surface area contributed by atoms with E-state index in [9.17, 15) is 4.79 Å². The van der Waals surface area contributed by atoms with Crippen LogP contribution < -0.4 is 11.1 Å². The molecular weight excluding hydrogens is 194 g/mol. The van der Waals surface area contributed by atoms with Crippen molar-refractivity contribution in [3.63, 3.8) is 0 Å². The maximum atomic E-state index is 11.8. The summed E-state index contributed by atoms with van der Waals surface area (Å²) < 4.78 is 0. The standard InChI is InChI=1S/C9H13N5O/c10-6-9(2-1-3-9)7(15)13-8-11-4-5-12-14-8/h4-5H,1-3,6,10H2,(H,11,13,14,15). The summed E-state index contributed by atoms with van der Waals surface area (Å²) in [5, 5.41) is 9.95. The second-order valence-corrected chi connectivity index (χ2v) is 3.76. The number of nitrogens with one attached hydrogen (secondary N) is 1. The van der Waals surface area contributed by atoms with Crippen molar-refractivity contribution in [3.05, 3.63) is 12.4 Å². The van der Waals surface area contributed by atoms with Gasteiger partial charge in [-0.3, -0.25) is 10.1 Å². The maximum Gasteiger partial charge on any atom is 0.249 e. The maximum absolute atomic E-state index is 11.8. The van der Waals surface area contributed by atoms with Gasteiger partial charge >= 0.3 is 0 Å². The molecule has 0 bridgehead atoms. The summed E-state index contributed by atoms with van der Waals surface area (Å²) in [6.07, 6.45) is 5.68. The van der Waals surface area contributed by atoms with Gasteiger partial charge in [0, 0.05) is 6.54 Å². The third-order valence-electron chi connectivity index (χ3n) is 2.89. The zero-order chi connectivity index (χ0) is 10.7. The first-order chi connectivity index (χ1) is 7.27. The molecule has 6 nitrogen and oxygen atoms in total. The van der Waals surface area contributed by atoms with E-state index in [0.717, 1.165) is 19.3 Å². The van der Waals surface area contributed by atoms with Crippen molar-refractivity contribution in [1.82, 2.24) is 15.2 Å². The fourth-order valence-corrected chi connectivity index (χ4v) is 1.67. The van der Waals surface area contributed by atoms with Gasteiger partial charge in [0.2, 0.25) is 11.9 Å². The molecule has 3 N–H and O–H groups in total. The molecule has 0 aromatic carbocycles. The van der Waals surface area contributed by atoms with Gasteiger partial charge in [0.15, 0.2) is 0 Å². The zero-order valence-corrected chi connectivity index (χ0v) is 8.31. The van der Waals surface area contributed by atoms with Crippen LogP contribution in [0.4, 0.5) is 5.95 Å². The SMILES string of the molecule is NCC1(C(=O)Nc2nccnn2)CCC1. The van der Waals surface area contributed by atoms with E-state index in [4.69, 9.17) is 5.73 Å². The molecule has 1 aliphatic rings. The van der Waals surface area contributed by atoms with Crippen LogP contribution in [0.5, 0.6) is 0 Å². The Labute approximate surface area is 87.3 Å². The first kappa shape index (κ1) is 9.97. The lowest BCUT2D eigenvalue weighted by molar-refractivity contribution is -0.129. The molecule has 0 radical (unpaired) electrons. The molecule has 2 rings (SSSR count). The molecule has 0 spiro atoms. The third-order valence-corrected chi connectivity index (χ3v) is 2.89. The third kappa shape index (κ3) is 1.80. The number of hydrogen-bond donors (Lipinski definition) is 2. The topological polar surface area (TPSA) is 93.8 Å². The molecule has 1 saturated carbocycles. The summed E-state index contributed by atoms with van der Waals surface area (Å²) in [6, 6.07) is 0. The highest BCUT2D eigenvalue weighted by atomic mass is 16.2. The minimum atomic E-state index is -0.404. The first-order valence-electron chi connectivity index (χ1n) is 4.92. The van der Waals surface area contributed by atoms with Crippen LogP contribution in [-0.4, -0.2) is 27.6 Å². The van der Waals surface area contributed by atoms with Gasteiger partial charge in [0.05, 0.1) is 17.8 Å². The Kier molecular flexibility index (Phi) is 2.59. The second-order valence-electron chi connectivity index (χ2n) is 3.76. The van der Waals surface area contributed by atoms with E-state index in [1.54, 1.807) is 0 Å². The predicted octanol–water partition coefficient (Wildman–Crippen LogP) is -0.0609.